The number of hydrogen-bond donors (Lipinski definition) is 4. The van der Waals surface area contributed by atoms with Gasteiger partial charge in [0.1, 0.15) is 30.3 Å². The molecule has 0 saturated carbocycles. The van der Waals surface area contributed by atoms with Gasteiger partial charge >= 0.3 is 0 Å². The van der Waals surface area contributed by atoms with Gasteiger partial charge in [-0.1, -0.05) is 19.9 Å². The number of carbonyl (C=O) groups is 2. The Bertz CT molecular complexity index is 1200. The number of carbonyl (C=O) groups excluding carboxylic acids is 2. The number of aliphatic hydroxyl groups excluding tert-OH is 2. The third-order valence-electron chi connectivity index (χ3n) is 5.58. The maximum absolute atomic E-state index is 12.9. The van der Waals surface area contributed by atoms with Crippen molar-refractivity contribution in [1.82, 2.24) is 24.8 Å². The van der Waals surface area contributed by atoms with Crippen LogP contribution in [0.1, 0.15) is 30.4 Å². The van der Waals surface area contributed by atoms with E-state index in [0.717, 1.165) is 0 Å². The quantitative estimate of drug-likeness (QED) is 0.385. The second-order valence-electron chi connectivity index (χ2n) is 8.16. The molecule has 12 nitrogen and oxygen atoms in total. The summed E-state index contributed by atoms with van der Waals surface area (Å²) in [6, 6.07) is 5.64. The van der Waals surface area contributed by atoms with Crippen molar-refractivity contribution >= 4 is 28.8 Å². The lowest BCUT2D eigenvalue weighted by molar-refractivity contribution is -0.118. The second kappa shape index (κ2) is 9.71. The van der Waals surface area contributed by atoms with Crippen molar-refractivity contribution in [2.45, 2.75) is 38.3 Å². The Morgan fingerprint density at radius 3 is 2.76 bits per heavy atom. The van der Waals surface area contributed by atoms with Crippen LogP contribution in [0.3, 0.4) is 0 Å². The first-order chi connectivity index (χ1) is 16.3. The molecule has 0 unspecified atom stereocenters. The second-order valence-corrected chi connectivity index (χ2v) is 8.16. The summed E-state index contributed by atoms with van der Waals surface area (Å²) in [6.07, 6.45) is -0.388. The molecule has 4 atom stereocenters. The first kappa shape index (κ1) is 23.5. The van der Waals surface area contributed by atoms with Crippen molar-refractivity contribution in [1.29, 1.82) is 0 Å². The highest BCUT2D eigenvalue weighted by Gasteiger charge is 2.46. The molecule has 1 saturated heterocycles. The van der Waals surface area contributed by atoms with Gasteiger partial charge in [-0.3, -0.25) is 14.2 Å². The largest absolute Gasteiger partial charge is 0.497 e. The van der Waals surface area contributed by atoms with Gasteiger partial charge < -0.3 is 30.3 Å². The Balaban J connectivity index is 1.66. The molecule has 1 aliphatic rings. The number of aliphatic hydroxyl groups is 2. The fraction of sp³-hybridized carbons (Fsp3) is 0.409. The van der Waals surface area contributed by atoms with Gasteiger partial charge in [0.2, 0.25) is 5.91 Å². The van der Waals surface area contributed by atoms with Gasteiger partial charge in [-0.05, 0) is 18.2 Å². The van der Waals surface area contributed by atoms with E-state index in [4.69, 9.17) is 9.47 Å². The maximum Gasteiger partial charge on any atom is 0.251 e. The normalized spacial score (nSPS) is 22.2. The number of rotatable bonds is 7. The van der Waals surface area contributed by atoms with Crippen molar-refractivity contribution in [3.8, 4) is 5.75 Å². The number of aromatic nitrogens is 4. The van der Waals surface area contributed by atoms with Crippen molar-refractivity contribution in [2.24, 2.45) is 5.92 Å². The summed E-state index contributed by atoms with van der Waals surface area (Å²) >= 11 is 0. The molecule has 34 heavy (non-hydrogen) atoms. The van der Waals surface area contributed by atoms with E-state index in [2.05, 4.69) is 25.6 Å². The molecule has 3 heterocycles. The fourth-order valence-electron chi connectivity index (χ4n) is 3.68. The number of ether oxygens (including phenoxy) is 2. The number of fused-ring (bicyclic) bond motifs is 1. The lowest BCUT2D eigenvalue weighted by atomic mass is 10.1. The molecule has 4 N–H and O–H groups in total. The summed E-state index contributed by atoms with van der Waals surface area (Å²) in [7, 11) is 1.50. The van der Waals surface area contributed by atoms with Gasteiger partial charge in [0.25, 0.3) is 5.91 Å². The van der Waals surface area contributed by atoms with E-state index in [0.29, 0.717) is 22.5 Å². The molecular formula is C22H26N6O6. The van der Waals surface area contributed by atoms with E-state index in [1.54, 1.807) is 38.1 Å². The number of nitrogens with one attached hydrogen (secondary N) is 2. The lowest BCUT2D eigenvalue weighted by Crippen LogP contribution is -2.46. The summed E-state index contributed by atoms with van der Waals surface area (Å²) < 4.78 is 12.6. The predicted octanol–water partition coefficient (Wildman–Crippen LogP) is 0.479. The number of amides is 2. The molecule has 1 aromatic carbocycles. The zero-order chi connectivity index (χ0) is 24.4. The van der Waals surface area contributed by atoms with Crippen LogP contribution in [-0.2, 0) is 9.53 Å². The van der Waals surface area contributed by atoms with Crippen molar-refractivity contribution < 1.29 is 29.3 Å². The first-order valence-electron chi connectivity index (χ1n) is 10.7. The maximum atomic E-state index is 12.9. The number of anilines is 1. The lowest BCUT2D eigenvalue weighted by Gasteiger charge is -2.23. The van der Waals surface area contributed by atoms with Crippen LogP contribution in [0.2, 0.25) is 0 Å². The van der Waals surface area contributed by atoms with E-state index in [9.17, 15) is 19.8 Å². The van der Waals surface area contributed by atoms with E-state index in [1.165, 1.54) is 24.3 Å². The number of methoxy groups -OCH3 is 1. The smallest absolute Gasteiger partial charge is 0.251 e. The highest BCUT2D eigenvalue weighted by atomic mass is 16.5. The van der Waals surface area contributed by atoms with Crippen LogP contribution in [-0.4, -0.2) is 73.5 Å². The third-order valence-corrected chi connectivity index (χ3v) is 5.58. The molecular weight excluding hydrogens is 444 g/mol. The zero-order valence-corrected chi connectivity index (χ0v) is 18.9. The monoisotopic (exact) mass is 470 g/mol. The number of imidazole rings is 1. The minimum absolute atomic E-state index is 0.231. The van der Waals surface area contributed by atoms with Crippen LogP contribution in [0.4, 0.5) is 5.82 Å². The molecule has 2 amide bonds. The zero-order valence-electron chi connectivity index (χ0n) is 18.9. The van der Waals surface area contributed by atoms with E-state index in [-0.39, 0.29) is 17.6 Å². The molecule has 1 fully saturated rings. The molecule has 0 spiro atoms. The average molecular weight is 470 g/mol. The highest BCUT2D eigenvalue weighted by molar-refractivity contribution is 5.97. The topological polar surface area (TPSA) is 161 Å². The van der Waals surface area contributed by atoms with Crippen LogP contribution >= 0.6 is 0 Å². The molecule has 0 radical (unpaired) electrons. The summed E-state index contributed by atoms with van der Waals surface area (Å²) in [6.45, 7) is 3.05. The molecule has 4 rings (SSSR count). The van der Waals surface area contributed by atoms with E-state index < -0.39 is 37.0 Å². The van der Waals surface area contributed by atoms with Crippen LogP contribution < -0.4 is 15.4 Å². The van der Waals surface area contributed by atoms with Gasteiger partial charge in [0.05, 0.1) is 20.0 Å². The Hall–Kier alpha value is -3.61. The third kappa shape index (κ3) is 4.42. The summed E-state index contributed by atoms with van der Waals surface area (Å²) in [5, 5.41) is 26.0. The molecule has 0 bridgehead atoms. The summed E-state index contributed by atoms with van der Waals surface area (Å²) in [5.74, 6) is -0.211. The standard InChI is InChI=1S/C22H26N6O6/c1-11(2)20(31)27-18-16-19(24-9-23-18)28(10-25-16)22-15(17(30)14(8-29)34-22)26-21(32)12-5-4-6-13(7-12)33-3/h4-7,9-11,14-15,17,22,29-30H,8H2,1-3H3,(H,26,32)(H,23,24,27,31)/t14-,15-,17-,22-/m1/s1. The van der Waals surface area contributed by atoms with Crippen molar-refractivity contribution in [2.75, 3.05) is 19.0 Å². The van der Waals surface area contributed by atoms with Crippen LogP contribution in [0.15, 0.2) is 36.9 Å². The highest BCUT2D eigenvalue weighted by Crippen LogP contribution is 2.32. The molecule has 3 aromatic rings. The fourth-order valence-corrected chi connectivity index (χ4v) is 3.68. The molecule has 12 heteroatoms. The average Bonchev–Trinajstić information content (AvgIpc) is 3.40. The SMILES string of the molecule is COc1cccc(C(=O)N[C@@H]2[C@H](O)[C@@H](CO)O[C@H]2n2cnc3c(NC(=O)C(C)C)ncnc32)c1. The van der Waals surface area contributed by atoms with Gasteiger partial charge in [-0.15, -0.1) is 0 Å². The molecule has 2 aromatic heterocycles. The summed E-state index contributed by atoms with van der Waals surface area (Å²) in [4.78, 5) is 37.8. The van der Waals surface area contributed by atoms with Crippen molar-refractivity contribution in [3.05, 3.63) is 42.5 Å². The Kier molecular flexibility index (Phi) is 6.72. The molecule has 0 aliphatic carbocycles. The minimum Gasteiger partial charge on any atom is -0.497 e. The number of nitrogens with zero attached hydrogens (tertiary/aromatic N) is 4. The van der Waals surface area contributed by atoms with E-state index >= 15 is 0 Å². The minimum atomic E-state index is -1.20. The number of hydrogen-bond acceptors (Lipinski definition) is 9. The summed E-state index contributed by atoms with van der Waals surface area (Å²) in [5.41, 5.74) is 0.972. The number of benzene rings is 1. The van der Waals surface area contributed by atoms with E-state index in [1.807, 2.05) is 0 Å². The molecule has 180 valence electrons. The van der Waals surface area contributed by atoms with Gasteiger partial charge in [0, 0.05) is 11.5 Å². The predicted molar refractivity (Wildman–Crippen MR) is 120 cm³/mol. The Labute approximate surface area is 194 Å². The van der Waals surface area contributed by atoms with Crippen molar-refractivity contribution in [3.63, 3.8) is 0 Å². The first-order valence-corrected chi connectivity index (χ1v) is 10.7. The van der Waals surface area contributed by atoms with Crippen LogP contribution in [0.5, 0.6) is 5.75 Å². The van der Waals surface area contributed by atoms with Gasteiger partial charge in [-0.2, -0.15) is 0 Å². The molecule has 1 aliphatic heterocycles. The van der Waals surface area contributed by atoms with Gasteiger partial charge in [-0.25, -0.2) is 15.0 Å². The van der Waals surface area contributed by atoms with Crippen LogP contribution in [0.25, 0.3) is 11.2 Å². The Morgan fingerprint density at radius 1 is 1.26 bits per heavy atom. The Morgan fingerprint density at radius 2 is 2.06 bits per heavy atom. The van der Waals surface area contributed by atoms with Gasteiger partial charge in [0.15, 0.2) is 23.2 Å². The van der Waals surface area contributed by atoms with Crippen LogP contribution in [0, 0.1) is 5.92 Å².